The minimum absolute atomic E-state index is 0.235. The van der Waals surface area contributed by atoms with Crippen LogP contribution in [0.3, 0.4) is 0 Å². The van der Waals surface area contributed by atoms with E-state index in [0.717, 1.165) is 13.1 Å². The van der Waals surface area contributed by atoms with Gasteiger partial charge in [-0.3, -0.25) is 0 Å². The lowest BCUT2D eigenvalue weighted by Gasteiger charge is -2.34. The summed E-state index contributed by atoms with van der Waals surface area (Å²) in [5.74, 6) is 1.12. The molecule has 0 amide bonds. The molecule has 2 aliphatic heterocycles. The van der Waals surface area contributed by atoms with E-state index >= 15 is 0 Å². The van der Waals surface area contributed by atoms with Crippen LogP contribution in [0.2, 0.25) is 0 Å². The number of nitrogens with one attached hydrogen (secondary N) is 1. The molecule has 20 heavy (non-hydrogen) atoms. The van der Waals surface area contributed by atoms with E-state index in [1.165, 1.54) is 0 Å². The molecule has 0 saturated carbocycles. The molecule has 2 unspecified atom stereocenters. The van der Waals surface area contributed by atoms with Crippen molar-refractivity contribution in [3.05, 3.63) is 11.5 Å². The summed E-state index contributed by atoms with van der Waals surface area (Å²) >= 11 is 0. The first-order valence-electron chi connectivity index (χ1n) is 6.92. The molecule has 7 heteroatoms. The van der Waals surface area contributed by atoms with E-state index in [1.54, 1.807) is 18.2 Å². The Labute approximate surface area is 119 Å². The summed E-state index contributed by atoms with van der Waals surface area (Å²) in [6.07, 6.45) is 0. The second kappa shape index (κ2) is 4.29. The maximum Gasteiger partial charge on any atom is 0.248 e. The molecular formula is C13H21N3O3S. The third-order valence-electron chi connectivity index (χ3n) is 4.81. The van der Waals surface area contributed by atoms with Crippen LogP contribution in [0.25, 0.3) is 0 Å². The van der Waals surface area contributed by atoms with Crippen molar-refractivity contribution in [2.24, 2.45) is 11.8 Å². The minimum atomic E-state index is -3.56. The number of hydrogen-bond donors (Lipinski definition) is 1. The molecule has 2 fully saturated rings. The van der Waals surface area contributed by atoms with Crippen molar-refractivity contribution in [1.29, 1.82) is 0 Å². The zero-order valence-electron chi connectivity index (χ0n) is 12.3. The van der Waals surface area contributed by atoms with Crippen LogP contribution in [-0.2, 0) is 10.0 Å². The zero-order valence-corrected chi connectivity index (χ0v) is 13.1. The van der Waals surface area contributed by atoms with E-state index in [-0.39, 0.29) is 10.4 Å². The van der Waals surface area contributed by atoms with E-state index in [9.17, 15) is 8.42 Å². The number of aromatic nitrogens is 1. The van der Waals surface area contributed by atoms with Crippen molar-refractivity contribution in [2.75, 3.05) is 19.6 Å². The lowest BCUT2D eigenvalue weighted by atomic mass is 9.85. The summed E-state index contributed by atoms with van der Waals surface area (Å²) in [5.41, 5.74) is 0.0526. The monoisotopic (exact) mass is 299 g/mol. The fourth-order valence-electron chi connectivity index (χ4n) is 3.75. The summed E-state index contributed by atoms with van der Waals surface area (Å²) in [6, 6.07) is 0. The van der Waals surface area contributed by atoms with Gasteiger partial charge < -0.3 is 9.84 Å². The average molecular weight is 299 g/mol. The van der Waals surface area contributed by atoms with Gasteiger partial charge in [0, 0.05) is 18.6 Å². The molecule has 2 atom stereocenters. The minimum Gasteiger partial charge on any atom is -0.360 e. The highest BCUT2D eigenvalue weighted by Crippen LogP contribution is 2.44. The van der Waals surface area contributed by atoms with Crippen molar-refractivity contribution >= 4 is 10.0 Å². The van der Waals surface area contributed by atoms with Gasteiger partial charge in [0.1, 0.15) is 10.6 Å². The summed E-state index contributed by atoms with van der Waals surface area (Å²) in [6.45, 7) is 9.69. The van der Waals surface area contributed by atoms with E-state index < -0.39 is 10.0 Å². The van der Waals surface area contributed by atoms with Crippen molar-refractivity contribution in [2.45, 2.75) is 38.1 Å². The number of sulfonamides is 1. The summed E-state index contributed by atoms with van der Waals surface area (Å²) < 4.78 is 32.7. The fourth-order valence-corrected chi connectivity index (χ4v) is 5.92. The molecule has 3 rings (SSSR count). The molecular weight excluding hydrogens is 278 g/mol. The largest absolute Gasteiger partial charge is 0.360 e. The van der Waals surface area contributed by atoms with Crippen LogP contribution in [0.15, 0.2) is 9.42 Å². The van der Waals surface area contributed by atoms with Crippen LogP contribution < -0.4 is 5.32 Å². The molecule has 0 spiro atoms. The van der Waals surface area contributed by atoms with Crippen LogP contribution in [0.4, 0.5) is 0 Å². The van der Waals surface area contributed by atoms with E-state index in [1.807, 2.05) is 13.8 Å². The molecule has 1 N–H and O–H groups in total. The standard InChI is InChI=1S/C13H21N3O3S/c1-8-12(9(2)19-15-8)20(17,18)16-7-10-5-14-6-11(10)13(16,3)4/h10-11,14H,5-7H2,1-4H3. The molecule has 6 nitrogen and oxygen atoms in total. The van der Waals surface area contributed by atoms with E-state index in [0.29, 0.717) is 29.8 Å². The Kier molecular flexibility index (Phi) is 3.01. The topological polar surface area (TPSA) is 75.4 Å². The molecule has 1 aromatic heterocycles. The highest BCUT2D eigenvalue weighted by molar-refractivity contribution is 7.89. The van der Waals surface area contributed by atoms with Crippen LogP contribution in [0.1, 0.15) is 25.3 Å². The first-order valence-corrected chi connectivity index (χ1v) is 8.36. The predicted molar refractivity (Wildman–Crippen MR) is 73.8 cm³/mol. The van der Waals surface area contributed by atoms with Crippen molar-refractivity contribution in [3.8, 4) is 0 Å². The van der Waals surface area contributed by atoms with Gasteiger partial charge in [-0.05, 0) is 46.1 Å². The molecule has 2 aliphatic rings. The molecule has 3 heterocycles. The molecule has 0 aromatic carbocycles. The lowest BCUT2D eigenvalue weighted by Crippen LogP contribution is -2.47. The normalized spacial score (nSPS) is 29.8. The van der Waals surface area contributed by atoms with E-state index in [2.05, 4.69) is 10.5 Å². The molecule has 2 saturated heterocycles. The quantitative estimate of drug-likeness (QED) is 0.878. The predicted octanol–water partition coefficient (Wildman–Crippen LogP) is 0.910. The number of aryl methyl sites for hydroxylation is 2. The maximum absolute atomic E-state index is 13.0. The van der Waals surface area contributed by atoms with Gasteiger partial charge >= 0.3 is 0 Å². The Bertz CT molecular complexity index is 616. The van der Waals surface area contributed by atoms with Crippen LogP contribution in [-0.4, -0.2) is 43.1 Å². The number of hydrogen-bond acceptors (Lipinski definition) is 5. The molecule has 0 radical (unpaired) electrons. The second-order valence-corrected chi connectivity index (χ2v) is 8.17. The Morgan fingerprint density at radius 3 is 2.60 bits per heavy atom. The van der Waals surface area contributed by atoms with Gasteiger partial charge in [-0.2, -0.15) is 4.31 Å². The van der Waals surface area contributed by atoms with Gasteiger partial charge in [0.15, 0.2) is 5.76 Å². The third kappa shape index (κ3) is 1.76. The van der Waals surface area contributed by atoms with Gasteiger partial charge in [-0.15, -0.1) is 0 Å². The van der Waals surface area contributed by atoms with Crippen molar-refractivity contribution in [1.82, 2.24) is 14.8 Å². The van der Waals surface area contributed by atoms with Crippen molar-refractivity contribution in [3.63, 3.8) is 0 Å². The Hall–Kier alpha value is -0.920. The zero-order chi connectivity index (χ0) is 14.7. The highest BCUT2D eigenvalue weighted by atomic mass is 32.2. The maximum atomic E-state index is 13.0. The van der Waals surface area contributed by atoms with Crippen LogP contribution in [0, 0.1) is 25.7 Å². The number of fused-ring (bicyclic) bond motifs is 1. The van der Waals surface area contributed by atoms with E-state index in [4.69, 9.17) is 4.52 Å². The van der Waals surface area contributed by atoms with Gasteiger partial charge in [0.25, 0.3) is 0 Å². The Balaban J connectivity index is 2.05. The molecule has 0 aliphatic carbocycles. The second-order valence-electron chi connectivity index (χ2n) is 6.37. The third-order valence-corrected chi connectivity index (χ3v) is 7.10. The first kappa shape index (κ1) is 14.0. The smallest absolute Gasteiger partial charge is 0.248 e. The molecule has 112 valence electrons. The number of nitrogens with zero attached hydrogens (tertiary/aromatic N) is 2. The van der Waals surface area contributed by atoms with Gasteiger partial charge in [-0.25, -0.2) is 8.42 Å². The SMILES string of the molecule is Cc1noc(C)c1S(=O)(=O)N1CC2CNCC2C1(C)C. The summed E-state index contributed by atoms with van der Waals surface area (Å²) in [5, 5.41) is 7.14. The molecule has 1 aromatic rings. The average Bonchev–Trinajstić information content (AvgIpc) is 2.97. The number of rotatable bonds is 2. The van der Waals surface area contributed by atoms with Gasteiger partial charge in [0.05, 0.1) is 0 Å². The Morgan fingerprint density at radius 2 is 2.05 bits per heavy atom. The lowest BCUT2D eigenvalue weighted by molar-refractivity contribution is 0.233. The fraction of sp³-hybridized carbons (Fsp3) is 0.769. The van der Waals surface area contributed by atoms with Crippen LogP contribution in [0.5, 0.6) is 0 Å². The molecule has 0 bridgehead atoms. The van der Waals surface area contributed by atoms with Crippen LogP contribution >= 0.6 is 0 Å². The van der Waals surface area contributed by atoms with Gasteiger partial charge in [0.2, 0.25) is 10.0 Å². The van der Waals surface area contributed by atoms with Crippen molar-refractivity contribution < 1.29 is 12.9 Å². The van der Waals surface area contributed by atoms with Gasteiger partial charge in [-0.1, -0.05) is 5.16 Å². The summed E-state index contributed by atoms with van der Waals surface area (Å²) in [4.78, 5) is 0.235. The Morgan fingerprint density at radius 1 is 1.35 bits per heavy atom. The summed E-state index contributed by atoms with van der Waals surface area (Å²) in [7, 11) is -3.56. The highest BCUT2D eigenvalue weighted by Gasteiger charge is 2.54. The first-order chi connectivity index (χ1) is 9.26.